The van der Waals surface area contributed by atoms with Gasteiger partial charge in [-0.15, -0.1) is 0 Å². The van der Waals surface area contributed by atoms with Gasteiger partial charge in [0.25, 0.3) is 0 Å². The summed E-state index contributed by atoms with van der Waals surface area (Å²) in [5, 5.41) is 35.3. The highest BCUT2D eigenvalue weighted by atomic mass is 15.0. The molecule has 0 radical (unpaired) electrons. The van der Waals surface area contributed by atoms with Gasteiger partial charge < -0.3 is 9.13 Å². The van der Waals surface area contributed by atoms with Gasteiger partial charge in [-0.1, -0.05) is 103 Å². The first kappa shape index (κ1) is 28.8. The average molecular weight is 636 g/mol. The molecule has 5 heteroatoms. The maximum absolute atomic E-state index is 11.0. The molecule has 0 aliphatic rings. The van der Waals surface area contributed by atoms with Gasteiger partial charge in [-0.2, -0.15) is 15.8 Å². The van der Waals surface area contributed by atoms with Crippen molar-refractivity contribution < 1.29 is 0 Å². The SMILES string of the molecule is N#Cc1ccc2c(c1)c1ccccc1n2-c1ccccc1-c1ccccc1-c1ccc(C#N)c(-n2c3ccccc3c3ccccc32)c1C#N. The van der Waals surface area contributed by atoms with Crippen LogP contribution in [0.25, 0.3) is 77.2 Å². The Balaban J connectivity index is 1.33. The summed E-state index contributed by atoms with van der Waals surface area (Å²) in [5.74, 6) is 0. The summed E-state index contributed by atoms with van der Waals surface area (Å²) in [5.41, 5.74) is 10.5. The summed E-state index contributed by atoms with van der Waals surface area (Å²) in [4.78, 5) is 0. The zero-order valence-electron chi connectivity index (χ0n) is 26.7. The number of fused-ring (bicyclic) bond motifs is 6. The molecule has 2 aromatic heterocycles. The fourth-order valence-corrected chi connectivity index (χ4v) is 7.57. The molecule has 0 amide bonds. The van der Waals surface area contributed by atoms with Crippen molar-refractivity contribution in [1.29, 1.82) is 15.8 Å². The Hall–Kier alpha value is -7.39. The fraction of sp³-hybridized carbons (Fsp3) is 0. The average Bonchev–Trinajstić information content (AvgIpc) is 3.69. The second kappa shape index (κ2) is 11.4. The molecule has 9 rings (SSSR count). The molecule has 0 saturated carbocycles. The highest BCUT2D eigenvalue weighted by Gasteiger charge is 2.23. The number of nitrogens with zero attached hydrogens (tertiary/aromatic N) is 5. The van der Waals surface area contributed by atoms with E-state index in [1.807, 2.05) is 103 Å². The molecule has 0 unspecified atom stereocenters. The first-order valence-electron chi connectivity index (χ1n) is 16.3. The van der Waals surface area contributed by atoms with E-state index in [1.165, 1.54) is 0 Å². The number of aromatic nitrogens is 2. The summed E-state index contributed by atoms with van der Waals surface area (Å²) in [6.07, 6.45) is 0. The zero-order valence-corrected chi connectivity index (χ0v) is 26.7. The van der Waals surface area contributed by atoms with Gasteiger partial charge in [-0.3, -0.25) is 0 Å². The van der Waals surface area contributed by atoms with Crippen molar-refractivity contribution in [3.05, 3.63) is 168 Å². The number of benzene rings is 7. The standard InChI is InChI=1S/C45H25N5/c46-26-29-21-24-44-38(25-29)37-16-6-8-18-41(37)49(44)40-17-7-3-13-34(40)32-12-2-1-11-31(32)33-23-22-30(27-47)45(39(33)28-48)50-42-19-9-4-14-35(42)36-15-5-10-20-43(36)50/h1-25H. The van der Waals surface area contributed by atoms with Crippen LogP contribution in [0.5, 0.6) is 0 Å². The molecule has 0 N–H and O–H groups in total. The zero-order chi connectivity index (χ0) is 33.8. The molecule has 0 aliphatic carbocycles. The lowest BCUT2D eigenvalue weighted by atomic mass is 9.89. The lowest BCUT2D eigenvalue weighted by Crippen LogP contribution is -2.04. The van der Waals surface area contributed by atoms with E-state index >= 15 is 0 Å². The van der Waals surface area contributed by atoms with Gasteiger partial charge in [0, 0.05) is 32.7 Å². The first-order chi connectivity index (χ1) is 24.7. The van der Waals surface area contributed by atoms with Crippen molar-refractivity contribution in [2.24, 2.45) is 0 Å². The molecular formula is C45H25N5. The molecule has 230 valence electrons. The first-order valence-corrected chi connectivity index (χ1v) is 16.3. The van der Waals surface area contributed by atoms with Crippen LogP contribution in [0.4, 0.5) is 0 Å². The van der Waals surface area contributed by atoms with Crippen LogP contribution in [0, 0.1) is 34.0 Å². The minimum atomic E-state index is 0.428. The van der Waals surface area contributed by atoms with E-state index in [-0.39, 0.29) is 0 Å². The minimum absolute atomic E-state index is 0.428. The second-order valence-corrected chi connectivity index (χ2v) is 12.2. The van der Waals surface area contributed by atoms with Crippen LogP contribution >= 0.6 is 0 Å². The molecule has 9 aromatic rings. The fourth-order valence-electron chi connectivity index (χ4n) is 7.57. The van der Waals surface area contributed by atoms with E-state index < -0.39 is 0 Å². The number of rotatable bonds is 4. The molecule has 0 saturated heterocycles. The largest absolute Gasteiger partial charge is 0.309 e. The number of para-hydroxylation sites is 4. The van der Waals surface area contributed by atoms with Gasteiger partial charge in [0.1, 0.15) is 12.1 Å². The Morgan fingerprint density at radius 2 is 0.900 bits per heavy atom. The van der Waals surface area contributed by atoms with E-state index in [4.69, 9.17) is 0 Å². The molecule has 0 aliphatic heterocycles. The third-order valence-corrected chi connectivity index (χ3v) is 9.67. The lowest BCUT2D eigenvalue weighted by molar-refractivity contribution is 1.16. The Morgan fingerprint density at radius 1 is 0.380 bits per heavy atom. The molecule has 0 bridgehead atoms. The quantitative estimate of drug-likeness (QED) is 0.193. The molecule has 0 fully saturated rings. The van der Waals surface area contributed by atoms with Crippen LogP contribution in [0.15, 0.2) is 152 Å². The summed E-state index contributed by atoms with van der Waals surface area (Å²) < 4.78 is 4.32. The summed E-state index contributed by atoms with van der Waals surface area (Å²) in [7, 11) is 0. The van der Waals surface area contributed by atoms with Crippen LogP contribution in [0.3, 0.4) is 0 Å². The minimum Gasteiger partial charge on any atom is -0.309 e. The monoisotopic (exact) mass is 635 g/mol. The van der Waals surface area contributed by atoms with Crippen LogP contribution < -0.4 is 0 Å². The molecule has 50 heavy (non-hydrogen) atoms. The maximum atomic E-state index is 11.0. The summed E-state index contributed by atoms with van der Waals surface area (Å²) in [6.45, 7) is 0. The van der Waals surface area contributed by atoms with Crippen LogP contribution in [-0.2, 0) is 0 Å². The molecule has 5 nitrogen and oxygen atoms in total. The number of hydrogen-bond acceptors (Lipinski definition) is 3. The van der Waals surface area contributed by atoms with Gasteiger partial charge in [-0.25, -0.2) is 0 Å². The third-order valence-electron chi connectivity index (χ3n) is 9.67. The predicted octanol–water partition coefficient (Wildman–Crippen LogP) is 10.8. The van der Waals surface area contributed by atoms with Gasteiger partial charge in [0.15, 0.2) is 0 Å². The molecule has 0 atom stereocenters. The summed E-state index contributed by atoms with van der Waals surface area (Å²) in [6, 6.07) is 57.7. The predicted molar refractivity (Wildman–Crippen MR) is 200 cm³/mol. The summed E-state index contributed by atoms with van der Waals surface area (Å²) >= 11 is 0. The van der Waals surface area contributed by atoms with E-state index in [1.54, 1.807) is 0 Å². The van der Waals surface area contributed by atoms with Crippen molar-refractivity contribution in [2.45, 2.75) is 0 Å². The van der Waals surface area contributed by atoms with E-state index in [9.17, 15) is 15.8 Å². The number of nitriles is 3. The van der Waals surface area contributed by atoms with Gasteiger partial charge in [0.2, 0.25) is 0 Å². The smallest absolute Gasteiger partial charge is 0.102 e. The third kappa shape index (κ3) is 4.17. The highest BCUT2D eigenvalue weighted by molar-refractivity contribution is 6.11. The van der Waals surface area contributed by atoms with Crippen LogP contribution in [0.2, 0.25) is 0 Å². The molecule has 2 heterocycles. The van der Waals surface area contributed by atoms with Gasteiger partial charge in [0.05, 0.1) is 56.2 Å². The molecular weight excluding hydrogens is 611 g/mol. The Labute approximate surface area is 287 Å². The van der Waals surface area contributed by atoms with Crippen LogP contribution in [-0.4, -0.2) is 9.13 Å². The molecule has 7 aromatic carbocycles. The second-order valence-electron chi connectivity index (χ2n) is 12.2. The van der Waals surface area contributed by atoms with Crippen molar-refractivity contribution in [3.8, 4) is 51.8 Å². The van der Waals surface area contributed by atoms with Crippen molar-refractivity contribution in [1.82, 2.24) is 9.13 Å². The van der Waals surface area contributed by atoms with Crippen molar-refractivity contribution in [2.75, 3.05) is 0 Å². The lowest BCUT2D eigenvalue weighted by Gasteiger charge is -2.19. The van der Waals surface area contributed by atoms with Crippen molar-refractivity contribution in [3.63, 3.8) is 0 Å². The van der Waals surface area contributed by atoms with E-state index in [2.05, 4.69) is 75.9 Å². The highest BCUT2D eigenvalue weighted by Crippen LogP contribution is 2.43. The Kier molecular flexibility index (Phi) is 6.56. The van der Waals surface area contributed by atoms with Crippen molar-refractivity contribution >= 4 is 43.6 Å². The Morgan fingerprint density at radius 3 is 1.52 bits per heavy atom. The normalized spacial score (nSPS) is 11.1. The van der Waals surface area contributed by atoms with E-state index in [0.717, 1.165) is 71.6 Å². The maximum Gasteiger partial charge on any atom is 0.102 e. The molecule has 0 spiro atoms. The van der Waals surface area contributed by atoms with Gasteiger partial charge >= 0.3 is 0 Å². The van der Waals surface area contributed by atoms with Gasteiger partial charge in [-0.05, 0) is 59.7 Å². The van der Waals surface area contributed by atoms with E-state index in [0.29, 0.717) is 22.4 Å². The Bertz CT molecular complexity index is 2920. The van der Waals surface area contributed by atoms with Crippen LogP contribution in [0.1, 0.15) is 16.7 Å². The number of hydrogen-bond donors (Lipinski definition) is 0. The topological polar surface area (TPSA) is 81.2 Å².